The summed E-state index contributed by atoms with van der Waals surface area (Å²) in [4.78, 5) is 6.56. The van der Waals surface area contributed by atoms with Gasteiger partial charge in [-0.2, -0.15) is 0 Å². The van der Waals surface area contributed by atoms with Gasteiger partial charge in [0.05, 0.1) is 24.1 Å². The van der Waals surface area contributed by atoms with Crippen molar-refractivity contribution in [3.8, 4) is 17.4 Å². The van der Waals surface area contributed by atoms with Crippen LogP contribution in [0.1, 0.15) is 5.56 Å². The molecular formula is C21H20F3N3O3. The Morgan fingerprint density at radius 2 is 1.90 bits per heavy atom. The van der Waals surface area contributed by atoms with Crippen molar-refractivity contribution < 1.29 is 27.4 Å². The van der Waals surface area contributed by atoms with Crippen LogP contribution in [0.5, 0.6) is 17.4 Å². The lowest BCUT2D eigenvalue weighted by Gasteiger charge is -2.30. The molecule has 6 nitrogen and oxygen atoms in total. The number of rotatable bonds is 5. The van der Waals surface area contributed by atoms with Gasteiger partial charge in [0, 0.05) is 49.9 Å². The van der Waals surface area contributed by atoms with Gasteiger partial charge in [-0.3, -0.25) is 0 Å². The highest BCUT2D eigenvalue weighted by Crippen LogP contribution is 2.35. The molecule has 3 heterocycles. The molecule has 2 aromatic heterocycles. The van der Waals surface area contributed by atoms with Crippen molar-refractivity contribution in [2.45, 2.75) is 6.36 Å². The first-order valence-electron chi connectivity index (χ1n) is 9.31. The number of alkyl halides is 3. The summed E-state index contributed by atoms with van der Waals surface area (Å²) in [7, 11) is 1.90. The predicted octanol–water partition coefficient (Wildman–Crippen LogP) is 4.57. The minimum absolute atomic E-state index is 0.189. The van der Waals surface area contributed by atoms with Crippen molar-refractivity contribution in [2.75, 3.05) is 26.3 Å². The highest BCUT2D eigenvalue weighted by molar-refractivity contribution is 5.94. The van der Waals surface area contributed by atoms with Gasteiger partial charge in [0.25, 0.3) is 0 Å². The second kappa shape index (κ2) is 7.91. The summed E-state index contributed by atoms with van der Waals surface area (Å²) < 4.78 is 54.6. The maximum Gasteiger partial charge on any atom is 0.573 e. The summed E-state index contributed by atoms with van der Waals surface area (Å²) in [6.07, 6.45) is -1.23. The predicted molar refractivity (Wildman–Crippen MR) is 105 cm³/mol. The SMILES string of the molecule is C=C(c1cnc(Oc2cccc(OC(F)(F)F)c2)c2ccn(C)c12)N1CCOCC1. The van der Waals surface area contributed by atoms with Crippen LogP contribution >= 0.6 is 0 Å². The number of pyridine rings is 1. The van der Waals surface area contributed by atoms with Crippen LogP contribution in [-0.4, -0.2) is 47.1 Å². The van der Waals surface area contributed by atoms with Gasteiger partial charge in [0.1, 0.15) is 11.5 Å². The Morgan fingerprint density at radius 3 is 2.63 bits per heavy atom. The first-order chi connectivity index (χ1) is 14.3. The first kappa shape index (κ1) is 20.1. The molecule has 30 heavy (non-hydrogen) atoms. The van der Waals surface area contributed by atoms with E-state index >= 15 is 0 Å². The number of hydrogen-bond acceptors (Lipinski definition) is 5. The van der Waals surface area contributed by atoms with Gasteiger partial charge >= 0.3 is 6.36 Å². The molecule has 4 rings (SSSR count). The number of ether oxygens (including phenoxy) is 3. The Hall–Kier alpha value is -3.20. The lowest BCUT2D eigenvalue weighted by atomic mass is 10.1. The summed E-state index contributed by atoms with van der Waals surface area (Å²) in [5.41, 5.74) is 2.57. The van der Waals surface area contributed by atoms with E-state index in [-0.39, 0.29) is 17.4 Å². The summed E-state index contributed by atoms with van der Waals surface area (Å²) >= 11 is 0. The molecule has 158 valence electrons. The van der Waals surface area contributed by atoms with E-state index in [1.165, 1.54) is 18.2 Å². The fourth-order valence-corrected chi connectivity index (χ4v) is 3.43. The molecule has 0 N–H and O–H groups in total. The number of fused-ring (bicyclic) bond motifs is 1. The van der Waals surface area contributed by atoms with Gasteiger partial charge in [-0.25, -0.2) is 4.98 Å². The van der Waals surface area contributed by atoms with Crippen molar-refractivity contribution >= 4 is 16.6 Å². The number of nitrogens with zero attached hydrogens (tertiary/aromatic N) is 3. The summed E-state index contributed by atoms with van der Waals surface area (Å²) in [5, 5.41) is 0.728. The lowest BCUT2D eigenvalue weighted by Crippen LogP contribution is -2.34. The number of aryl methyl sites for hydroxylation is 1. The smallest absolute Gasteiger partial charge is 0.438 e. The van der Waals surface area contributed by atoms with Crippen LogP contribution in [0.25, 0.3) is 16.6 Å². The number of hydrogen-bond donors (Lipinski definition) is 0. The standard InChI is InChI=1S/C21H20F3N3O3/c1-14(27-8-10-28-11-9-27)18-13-25-20(17-6-7-26(2)19(17)18)29-15-4-3-5-16(12-15)30-21(22,23)24/h3-7,12-13H,1,8-11H2,2H3. The number of halogens is 3. The largest absolute Gasteiger partial charge is 0.573 e. The molecule has 1 saturated heterocycles. The normalized spacial score (nSPS) is 14.7. The average Bonchev–Trinajstić information content (AvgIpc) is 3.10. The summed E-state index contributed by atoms with van der Waals surface area (Å²) in [6.45, 7) is 7.00. The van der Waals surface area contributed by atoms with Gasteiger partial charge in [-0.15, -0.1) is 13.2 Å². The third kappa shape index (κ3) is 4.20. The monoisotopic (exact) mass is 419 g/mol. The van der Waals surface area contributed by atoms with Gasteiger partial charge in [-0.05, 0) is 18.2 Å². The molecule has 0 bridgehead atoms. The highest BCUT2D eigenvalue weighted by atomic mass is 19.4. The fraction of sp³-hybridized carbons (Fsp3) is 0.286. The quantitative estimate of drug-likeness (QED) is 0.607. The Balaban J connectivity index is 1.65. The van der Waals surface area contributed by atoms with Crippen LogP contribution in [0, 0.1) is 0 Å². The van der Waals surface area contributed by atoms with Gasteiger partial charge in [0.15, 0.2) is 0 Å². The lowest BCUT2D eigenvalue weighted by molar-refractivity contribution is -0.274. The molecule has 3 aromatic rings. The zero-order valence-electron chi connectivity index (χ0n) is 16.3. The maximum absolute atomic E-state index is 12.5. The molecule has 0 saturated carbocycles. The van der Waals surface area contributed by atoms with Crippen LogP contribution < -0.4 is 9.47 Å². The molecule has 0 atom stereocenters. The van der Waals surface area contributed by atoms with E-state index in [0.29, 0.717) is 13.2 Å². The van der Waals surface area contributed by atoms with Crippen molar-refractivity contribution in [3.05, 3.63) is 54.9 Å². The fourth-order valence-electron chi connectivity index (χ4n) is 3.43. The molecule has 0 aliphatic carbocycles. The molecule has 0 amide bonds. The van der Waals surface area contributed by atoms with E-state index in [0.717, 1.165) is 35.3 Å². The van der Waals surface area contributed by atoms with Gasteiger partial charge in [0.2, 0.25) is 5.88 Å². The second-order valence-electron chi connectivity index (χ2n) is 6.84. The molecule has 1 aliphatic heterocycles. The van der Waals surface area contributed by atoms with E-state index in [1.54, 1.807) is 12.3 Å². The zero-order valence-corrected chi connectivity index (χ0v) is 16.3. The molecule has 1 aromatic carbocycles. The van der Waals surface area contributed by atoms with Crippen molar-refractivity contribution in [1.29, 1.82) is 0 Å². The molecule has 1 aliphatic rings. The third-order valence-corrected chi connectivity index (χ3v) is 4.83. The Labute approximate surface area is 171 Å². The van der Waals surface area contributed by atoms with Crippen molar-refractivity contribution in [3.63, 3.8) is 0 Å². The molecule has 0 radical (unpaired) electrons. The third-order valence-electron chi connectivity index (χ3n) is 4.83. The van der Waals surface area contributed by atoms with E-state index in [2.05, 4.69) is 21.2 Å². The molecule has 0 spiro atoms. The van der Waals surface area contributed by atoms with Crippen LogP contribution in [0.2, 0.25) is 0 Å². The van der Waals surface area contributed by atoms with Gasteiger partial charge < -0.3 is 23.7 Å². The second-order valence-corrected chi connectivity index (χ2v) is 6.84. The summed E-state index contributed by atoms with van der Waals surface area (Å²) in [6, 6.07) is 7.20. The average molecular weight is 419 g/mol. The first-order valence-corrected chi connectivity index (χ1v) is 9.31. The van der Waals surface area contributed by atoms with Crippen LogP contribution in [0.15, 0.2) is 49.3 Å². The topological polar surface area (TPSA) is 48.8 Å². The maximum atomic E-state index is 12.5. The Morgan fingerprint density at radius 1 is 1.17 bits per heavy atom. The van der Waals surface area contributed by atoms with E-state index < -0.39 is 6.36 Å². The molecule has 9 heteroatoms. The zero-order chi connectivity index (χ0) is 21.3. The number of benzene rings is 1. The van der Waals surface area contributed by atoms with Crippen LogP contribution in [0.4, 0.5) is 13.2 Å². The molecular weight excluding hydrogens is 399 g/mol. The van der Waals surface area contributed by atoms with Crippen molar-refractivity contribution in [2.24, 2.45) is 7.05 Å². The van der Waals surface area contributed by atoms with Crippen LogP contribution in [-0.2, 0) is 11.8 Å². The van der Waals surface area contributed by atoms with Crippen LogP contribution in [0.3, 0.4) is 0 Å². The van der Waals surface area contributed by atoms with E-state index in [4.69, 9.17) is 9.47 Å². The Kier molecular flexibility index (Phi) is 5.29. The number of aromatic nitrogens is 2. The van der Waals surface area contributed by atoms with Gasteiger partial charge in [-0.1, -0.05) is 12.6 Å². The highest BCUT2D eigenvalue weighted by Gasteiger charge is 2.31. The molecule has 1 fully saturated rings. The van der Waals surface area contributed by atoms with E-state index in [1.807, 2.05) is 23.9 Å². The minimum atomic E-state index is -4.77. The molecule has 0 unspecified atom stereocenters. The summed E-state index contributed by atoms with van der Waals surface area (Å²) in [5.74, 6) is 0.115. The van der Waals surface area contributed by atoms with E-state index in [9.17, 15) is 13.2 Å². The minimum Gasteiger partial charge on any atom is -0.438 e. The number of morpholine rings is 1. The Bertz CT molecular complexity index is 1070. The van der Waals surface area contributed by atoms with Crippen molar-refractivity contribution in [1.82, 2.24) is 14.5 Å².